The van der Waals surface area contributed by atoms with Crippen LogP contribution in [-0.4, -0.2) is 34.6 Å². The minimum Gasteiger partial charge on any atom is -0.444 e. The number of aromatic nitrogens is 2. The molecule has 10 heteroatoms. The van der Waals surface area contributed by atoms with Gasteiger partial charge in [-0.05, 0) is 32.9 Å². The number of hydrogen-bond donors (Lipinski definition) is 3. The average Bonchev–Trinajstić information content (AvgIpc) is 2.52. The molecule has 0 atom stereocenters. The summed E-state index contributed by atoms with van der Waals surface area (Å²) in [6.07, 6.45) is 0.585. The van der Waals surface area contributed by atoms with Crippen LogP contribution < -0.4 is 21.6 Å². The van der Waals surface area contributed by atoms with Crippen molar-refractivity contribution in [3.63, 3.8) is 0 Å². The molecule has 0 radical (unpaired) electrons. The van der Waals surface area contributed by atoms with Crippen LogP contribution in [0.4, 0.5) is 19.3 Å². The molecule has 1 heterocycles. The van der Waals surface area contributed by atoms with Crippen molar-refractivity contribution < 1.29 is 18.3 Å². The van der Waals surface area contributed by atoms with E-state index in [1.165, 1.54) is 6.20 Å². The molecule has 2 aromatic rings. The maximum absolute atomic E-state index is 13.3. The van der Waals surface area contributed by atoms with E-state index in [9.17, 15) is 23.2 Å². The average molecular weight is 382 g/mol. The Kier molecular flexibility index (Phi) is 5.98. The highest BCUT2D eigenvalue weighted by Gasteiger charge is 2.15. The fourth-order valence-corrected chi connectivity index (χ4v) is 2.14. The summed E-state index contributed by atoms with van der Waals surface area (Å²) in [7, 11) is 0. The first-order chi connectivity index (χ1) is 12.6. The predicted molar refractivity (Wildman–Crippen MR) is 95.3 cm³/mol. The second-order valence-corrected chi connectivity index (χ2v) is 6.64. The van der Waals surface area contributed by atoms with E-state index in [4.69, 9.17) is 4.74 Å². The summed E-state index contributed by atoms with van der Waals surface area (Å²) in [5.74, 6) is -1.76. The van der Waals surface area contributed by atoms with Crippen molar-refractivity contribution in [1.29, 1.82) is 0 Å². The third-order valence-electron chi connectivity index (χ3n) is 3.19. The molecule has 0 saturated carbocycles. The lowest BCUT2D eigenvalue weighted by Gasteiger charge is -2.19. The number of nitrogens with one attached hydrogen (secondary N) is 3. The van der Waals surface area contributed by atoms with E-state index in [1.54, 1.807) is 20.8 Å². The smallest absolute Gasteiger partial charge is 0.407 e. The van der Waals surface area contributed by atoms with E-state index in [0.29, 0.717) is 6.07 Å². The van der Waals surface area contributed by atoms with Gasteiger partial charge < -0.3 is 15.4 Å². The van der Waals surface area contributed by atoms with E-state index in [0.717, 1.165) is 16.8 Å². The number of rotatable bonds is 5. The zero-order valence-corrected chi connectivity index (χ0v) is 15.1. The van der Waals surface area contributed by atoms with Gasteiger partial charge in [0.05, 0.1) is 5.69 Å². The number of carbonyl (C=O) groups excluding carboxylic acids is 1. The summed E-state index contributed by atoms with van der Waals surface area (Å²) >= 11 is 0. The van der Waals surface area contributed by atoms with Crippen LogP contribution >= 0.6 is 0 Å². The maximum atomic E-state index is 13.3. The molecule has 8 nitrogen and oxygen atoms in total. The number of hydrogen-bond acceptors (Lipinski definition) is 5. The zero-order chi connectivity index (χ0) is 20.2. The Morgan fingerprint density at radius 1 is 1.15 bits per heavy atom. The first-order valence-corrected chi connectivity index (χ1v) is 8.09. The van der Waals surface area contributed by atoms with Crippen molar-refractivity contribution in [2.45, 2.75) is 26.4 Å². The van der Waals surface area contributed by atoms with Gasteiger partial charge in [0.25, 0.3) is 5.43 Å². The normalized spacial score (nSPS) is 11.1. The number of carbonyl (C=O) groups is 1. The van der Waals surface area contributed by atoms with Crippen molar-refractivity contribution >= 4 is 11.8 Å². The largest absolute Gasteiger partial charge is 0.444 e. The molecular weight excluding hydrogens is 362 g/mol. The molecule has 1 aromatic heterocycles. The molecule has 3 N–H and O–H groups in total. The maximum Gasteiger partial charge on any atom is 0.407 e. The minimum absolute atomic E-state index is 0.0425. The van der Waals surface area contributed by atoms with Crippen molar-refractivity contribution in [2.24, 2.45) is 0 Å². The summed E-state index contributed by atoms with van der Waals surface area (Å²) in [5, 5.41) is 7.68. The van der Waals surface area contributed by atoms with E-state index in [1.807, 2.05) is 0 Å². The second kappa shape index (κ2) is 8.02. The van der Waals surface area contributed by atoms with Gasteiger partial charge in [0.15, 0.2) is 0 Å². The summed E-state index contributed by atoms with van der Waals surface area (Å²) < 4.78 is 32.4. The lowest BCUT2D eigenvalue weighted by Crippen LogP contribution is -2.38. The second-order valence-electron chi connectivity index (χ2n) is 6.64. The summed E-state index contributed by atoms with van der Waals surface area (Å²) in [6, 6.07) is 2.48. The molecule has 0 aliphatic heterocycles. The summed E-state index contributed by atoms with van der Waals surface area (Å²) in [5.41, 5.74) is -2.72. The van der Waals surface area contributed by atoms with Gasteiger partial charge in [-0.25, -0.2) is 18.3 Å². The third kappa shape index (κ3) is 5.66. The lowest BCUT2D eigenvalue weighted by molar-refractivity contribution is 0.0530. The molecule has 1 amide bonds. The van der Waals surface area contributed by atoms with E-state index in [2.05, 4.69) is 15.7 Å². The van der Waals surface area contributed by atoms with Crippen LogP contribution in [-0.2, 0) is 4.74 Å². The van der Waals surface area contributed by atoms with E-state index in [-0.39, 0.29) is 24.5 Å². The van der Waals surface area contributed by atoms with Gasteiger partial charge in [-0.1, -0.05) is 0 Å². The Morgan fingerprint density at radius 2 is 1.78 bits per heavy atom. The van der Waals surface area contributed by atoms with Crippen LogP contribution in [0.2, 0.25) is 0 Å². The van der Waals surface area contributed by atoms with E-state index >= 15 is 0 Å². The van der Waals surface area contributed by atoms with Gasteiger partial charge >= 0.3 is 11.7 Å². The molecule has 1 aromatic carbocycles. The molecule has 0 spiro atoms. The molecule has 27 heavy (non-hydrogen) atoms. The lowest BCUT2D eigenvalue weighted by atomic mass is 10.2. The predicted octanol–water partition coefficient (Wildman–Crippen LogP) is 1.74. The molecule has 0 saturated heterocycles. The number of nitrogens with zero attached hydrogens (tertiary/aromatic N) is 1. The summed E-state index contributed by atoms with van der Waals surface area (Å²) in [6.45, 7) is 5.48. The first kappa shape index (κ1) is 20.1. The van der Waals surface area contributed by atoms with Crippen LogP contribution in [0, 0.1) is 11.6 Å². The topological polar surface area (TPSA) is 105 Å². The monoisotopic (exact) mass is 382 g/mol. The van der Waals surface area contributed by atoms with Gasteiger partial charge in [0.2, 0.25) is 0 Å². The fraction of sp³-hybridized carbons (Fsp3) is 0.353. The van der Waals surface area contributed by atoms with Crippen molar-refractivity contribution in [3.8, 4) is 5.69 Å². The molecule has 0 aliphatic carbocycles. The number of alkyl carbamates (subject to hydrolysis) is 1. The van der Waals surface area contributed by atoms with Crippen LogP contribution in [0.15, 0.2) is 34.0 Å². The number of aromatic amines is 1. The number of halogens is 2. The highest BCUT2D eigenvalue weighted by molar-refractivity contribution is 5.67. The van der Waals surface area contributed by atoms with Crippen LogP contribution in [0.25, 0.3) is 5.69 Å². The Morgan fingerprint density at radius 3 is 2.37 bits per heavy atom. The molecule has 0 bridgehead atoms. The Hall–Kier alpha value is -3.17. The van der Waals surface area contributed by atoms with Crippen LogP contribution in [0.3, 0.4) is 0 Å². The van der Waals surface area contributed by atoms with E-state index < -0.39 is 34.3 Å². The zero-order valence-electron chi connectivity index (χ0n) is 15.1. The molecule has 0 fully saturated rings. The standard InChI is InChI=1S/C17H20F2N4O4/c1-17(2,3)27-16(26)21-5-4-20-13-9-22-23(15(25)14(13)24)12-7-10(18)6-11(19)8-12/h6-9,20,22H,4-5H2,1-3H3,(H,21,26). The van der Waals surface area contributed by atoms with Crippen molar-refractivity contribution in [3.05, 3.63) is 56.6 Å². The van der Waals surface area contributed by atoms with Gasteiger partial charge in [-0.2, -0.15) is 0 Å². The number of ether oxygens (including phenoxy) is 1. The molecule has 0 unspecified atom stereocenters. The highest BCUT2D eigenvalue weighted by atomic mass is 19.1. The number of H-pyrrole nitrogens is 1. The minimum atomic E-state index is -1.01. The quantitative estimate of drug-likeness (QED) is 0.540. The highest BCUT2D eigenvalue weighted by Crippen LogP contribution is 2.10. The summed E-state index contributed by atoms with van der Waals surface area (Å²) in [4.78, 5) is 35.8. The van der Waals surface area contributed by atoms with Gasteiger partial charge in [-0.15, -0.1) is 0 Å². The SMILES string of the molecule is CC(C)(C)OC(=O)NCCNc1c[nH]n(-c2cc(F)cc(F)c2)c(=O)c1=O. The van der Waals surface area contributed by atoms with Crippen LogP contribution in [0.1, 0.15) is 20.8 Å². The first-order valence-electron chi connectivity index (χ1n) is 8.09. The Balaban J connectivity index is 2.04. The molecule has 0 aliphatic rings. The molecular formula is C17H20F2N4O4. The number of amides is 1. The number of benzene rings is 1. The molecule has 2 rings (SSSR count). The molecule has 146 valence electrons. The number of anilines is 1. The fourth-order valence-electron chi connectivity index (χ4n) is 2.14. The third-order valence-corrected chi connectivity index (χ3v) is 3.19. The Bertz CT molecular complexity index is 927. The van der Waals surface area contributed by atoms with Gasteiger partial charge in [0, 0.05) is 25.4 Å². The van der Waals surface area contributed by atoms with Crippen molar-refractivity contribution in [2.75, 3.05) is 18.4 Å². The van der Waals surface area contributed by atoms with Crippen molar-refractivity contribution in [1.82, 2.24) is 15.1 Å². The Labute approximate surface area is 153 Å². The van der Waals surface area contributed by atoms with Crippen LogP contribution in [0.5, 0.6) is 0 Å². The van der Waals surface area contributed by atoms with Gasteiger partial charge in [0.1, 0.15) is 22.9 Å². The van der Waals surface area contributed by atoms with Gasteiger partial charge in [-0.3, -0.25) is 14.7 Å².